The van der Waals surface area contributed by atoms with E-state index in [9.17, 15) is 15.8 Å². The zero-order valence-electron chi connectivity index (χ0n) is 26.7. The number of aromatic nitrogens is 2. The van der Waals surface area contributed by atoms with Gasteiger partial charge in [-0.3, -0.25) is 0 Å². The Labute approximate surface area is 287 Å². The van der Waals surface area contributed by atoms with Crippen LogP contribution < -0.4 is 0 Å². The van der Waals surface area contributed by atoms with Gasteiger partial charge >= 0.3 is 0 Å². The number of rotatable bonds is 4. The Morgan fingerprint density at radius 3 is 1.74 bits per heavy atom. The van der Waals surface area contributed by atoms with Gasteiger partial charge in [0.15, 0.2) is 0 Å². The third-order valence-corrected chi connectivity index (χ3v) is 9.63. The molecule has 0 amide bonds. The zero-order valence-corrected chi connectivity index (χ0v) is 26.7. The van der Waals surface area contributed by atoms with Crippen LogP contribution in [0.2, 0.25) is 0 Å². The van der Waals surface area contributed by atoms with Crippen molar-refractivity contribution < 1.29 is 0 Å². The molecule has 9 aromatic rings. The van der Waals surface area contributed by atoms with E-state index in [0.717, 1.165) is 55.4 Å². The smallest absolute Gasteiger partial charge is 0.101 e. The SMILES string of the molecule is N#Cc1ccc2c(c1)c1c(C#N)cccc1n2-c1c(C#N)cccc1-c1cccc(-c2ccc(-n3c4ccccc4c4ccccc43)cc2)c1. The fourth-order valence-corrected chi connectivity index (χ4v) is 7.45. The lowest BCUT2D eigenvalue weighted by Gasteiger charge is -2.16. The van der Waals surface area contributed by atoms with Gasteiger partial charge in [0, 0.05) is 32.8 Å². The molecule has 230 valence electrons. The zero-order chi connectivity index (χ0) is 33.8. The molecule has 0 atom stereocenters. The molecule has 0 aliphatic carbocycles. The first-order chi connectivity index (χ1) is 24.7. The molecule has 0 spiro atoms. The summed E-state index contributed by atoms with van der Waals surface area (Å²) in [5, 5.41) is 34.2. The standard InChI is InChI=1S/C45H25N5/c46-26-29-18-23-42-39(24-29)44-33(27-47)10-7-17-43(44)50(42)45-34(28-48)11-6-14-36(45)32-9-5-8-31(25-32)30-19-21-35(22-20-30)49-40-15-3-1-12-37(40)38-13-2-4-16-41(38)49/h1-25H. The number of benzene rings is 7. The molecule has 0 unspecified atom stereocenters. The predicted molar refractivity (Wildman–Crippen MR) is 200 cm³/mol. The average Bonchev–Trinajstić information content (AvgIpc) is 3.70. The fraction of sp³-hybridized carbons (Fsp3) is 0. The molecule has 2 aromatic heterocycles. The van der Waals surface area contributed by atoms with Gasteiger partial charge in [0.2, 0.25) is 0 Å². The van der Waals surface area contributed by atoms with Crippen molar-refractivity contribution in [2.45, 2.75) is 0 Å². The van der Waals surface area contributed by atoms with Crippen LogP contribution in [0.1, 0.15) is 16.7 Å². The van der Waals surface area contributed by atoms with Gasteiger partial charge < -0.3 is 9.13 Å². The number of para-hydroxylation sites is 3. The lowest BCUT2D eigenvalue weighted by Crippen LogP contribution is -2.01. The van der Waals surface area contributed by atoms with E-state index in [-0.39, 0.29) is 0 Å². The maximum Gasteiger partial charge on any atom is 0.101 e. The minimum atomic E-state index is 0.508. The maximum absolute atomic E-state index is 10.4. The number of nitriles is 3. The van der Waals surface area contributed by atoms with Gasteiger partial charge in [0.05, 0.1) is 56.6 Å². The van der Waals surface area contributed by atoms with E-state index in [0.29, 0.717) is 16.7 Å². The second-order valence-corrected chi connectivity index (χ2v) is 12.3. The van der Waals surface area contributed by atoms with Crippen molar-refractivity contribution in [1.29, 1.82) is 15.8 Å². The summed E-state index contributed by atoms with van der Waals surface area (Å²) >= 11 is 0. The highest BCUT2D eigenvalue weighted by molar-refractivity contribution is 6.13. The number of hydrogen-bond donors (Lipinski definition) is 0. The van der Waals surface area contributed by atoms with Crippen LogP contribution >= 0.6 is 0 Å². The van der Waals surface area contributed by atoms with Crippen molar-refractivity contribution in [3.8, 4) is 51.8 Å². The Bertz CT molecular complexity index is 2900. The molecule has 5 nitrogen and oxygen atoms in total. The fourth-order valence-electron chi connectivity index (χ4n) is 7.45. The molecule has 5 heteroatoms. The third-order valence-electron chi connectivity index (χ3n) is 9.63. The average molecular weight is 636 g/mol. The van der Waals surface area contributed by atoms with Crippen LogP contribution in [0.5, 0.6) is 0 Å². The minimum Gasteiger partial charge on any atom is -0.309 e. The van der Waals surface area contributed by atoms with E-state index >= 15 is 0 Å². The van der Waals surface area contributed by atoms with Crippen molar-refractivity contribution >= 4 is 43.6 Å². The Balaban J connectivity index is 1.20. The van der Waals surface area contributed by atoms with Crippen LogP contribution in [0.3, 0.4) is 0 Å². The van der Waals surface area contributed by atoms with Gasteiger partial charge in [-0.25, -0.2) is 0 Å². The van der Waals surface area contributed by atoms with Crippen molar-refractivity contribution in [3.63, 3.8) is 0 Å². The number of fused-ring (bicyclic) bond motifs is 6. The van der Waals surface area contributed by atoms with E-state index in [2.05, 4.69) is 118 Å². The topological polar surface area (TPSA) is 81.2 Å². The quantitative estimate of drug-likeness (QED) is 0.193. The summed E-state index contributed by atoms with van der Waals surface area (Å²) in [6.45, 7) is 0. The lowest BCUT2D eigenvalue weighted by atomic mass is 9.96. The van der Waals surface area contributed by atoms with Crippen LogP contribution in [0.4, 0.5) is 0 Å². The molecular formula is C45H25N5. The van der Waals surface area contributed by atoms with Gasteiger partial charge in [-0.2, -0.15) is 15.8 Å². The summed E-state index contributed by atoms with van der Waals surface area (Å²) < 4.78 is 4.38. The molecule has 0 aliphatic heterocycles. The maximum atomic E-state index is 10.4. The number of hydrogen-bond acceptors (Lipinski definition) is 3. The summed E-state index contributed by atoms with van der Waals surface area (Å²) in [6, 6.07) is 58.0. The van der Waals surface area contributed by atoms with Gasteiger partial charge in [0.1, 0.15) is 6.07 Å². The Morgan fingerprint density at radius 2 is 1.02 bits per heavy atom. The van der Waals surface area contributed by atoms with Crippen molar-refractivity contribution in [2.24, 2.45) is 0 Å². The highest BCUT2D eigenvalue weighted by atomic mass is 15.0. The molecule has 7 aromatic carbocycles. The summed E-state index contributed by atoms with van der Waals surface area (Å²) in [4.78, 5) is 0. The Morgan fingerprint density at radius 1 is 0.400 bits per heavy atom. The molecule has 9 rings (SSSR count). The van der Waals surface area contributed by atoms with Crippen molar-refractivity contribution in [1.82, 2.24) is 9.13 Å². The van der Waals surface area contributed by atoms with Crippen molar-refractivity contribution in [3.05, 3.63) is 168 Å². The van der Waals surface area contributed by atoms with Crippen molar-refractivity contribution in [2.75, 3.05) is 0 Å². The highest BCUT2D eigenvalue weighted by Gasteiger charge is 2.21. The van der Waals surface area contributed by atoms with Gasteiger partial charge in [-0.15, -0.1) is 0 Å². The van der Waals surface area contributed by atoms with Gasteiger partial charge in [-0.05, 0) is 83.4 Å². The minimum absolute atomic E-state index is 0.508. The first-order valence-corrected chi connectivity index (χ1v) is 16.3. The predicted octanol–water partition coefficient (Wildman–Crippen LogP) is 10.8. The van der Waals surface area contributed by atoms with Crippen LogP contribution in [0.15, 0.2) is 152 Å². The molecule has 2 heterocycles. The van der Waals surface area contributed by atoms with E-state index in [1.54, 1.807) is 12.1 Å². The van der Waals surface area contributed by atoms with Gasteiger partial charge in [-0.1, -0.05) is 84.9 Å². The highest BCUT2D eigenvalue weighted by Crippen LogP contribution is 2.40. The molecular weight excluding hydrogens is 611 g/mol. The van der Waals surface area contributed by atoms with Crippen LogP contribution in [0, 0.1) is 34.0 Å². The van der Waals surface area contributed by atoms with E-state index in [1.807, 2.05) is 48.5 Å². The molecule has 0 saturated heterocycles. The summed E-state index contributed by atoms with van der Waals surface area (Å²) in [5.74, 6) is 0. The number of nitrogens with zero attached hydrogens (tertiary/aromatic N) is 5. The molecule has 0 N–H and O–H groups in total. The summed E-state index contributed by atoms with van der Waals surface area (Å²) in [7, 11) is 0. The monoisotopic (exact) mass is 635 g/mol. The molecule has 0 saturated carbocycles. The first kappa shape index (κ1) is 28.8. The normalized spacial score (nSPS) is 11.1. The molecule has 0 radical (unpaired) electrons. The molecule has 0 bridgehead atoms. The molecule has 0 fully saturated rings. The van der Waals surface area contributed by atoms with E-state index in [4.69, 9.17) is 0 Å². The second-order valence-electron chi connectivity index (χ2n) is 12.3. The van der Waals surface area contributed by atoms with Crippen LogP contribution in [-0.4, -0.2) is 9.13 Å². The Kier molecular flexibility index (Phi) is 6.56. The van der Waals surface area contributed by atoms with Gasteiger partial charge in [0.25, 0.3) is 0 Å². The van der Waals surface area contributed by atoms with Crippen LogP contribution in [-0.2, 0) is 0 Å². The van der Waals surface area contributed by atoms with E-state index in [1.165, 1.54) is 21.8 Å². The second kappa shape index (κ2) is 11.4. The third kappa shape index (κ3) is 4.31. The summed E-state index contributed by atoms with van der Waals surface area (Å²) in [5.41, 5.74) is 11.3. The largest absolute Gasteiger partial charge is 0.309 e. The molecule has 50 heavy (non-hydrogen) atoms. The summed E-state index contributed by atoms with van der Waals surface area (Å²) in [6.07, 6.45) is 0. The lowest BCUT2D eigenvalue weighted by molar-refractivity contribution is 1.17. The Hall–Kier alpha value is -7.39. The van der Waals surface area contributed by atoms with E-state index < -0.39 is 0 Å². The first-order valence-electron chi connectivity index (χ1n) is 16.3. The molecule has 0 aliphatic rings. The van der Waals surface area contributed by atoms with Crippen LogP contribution in [0.25, 0.3) is 77.2 Å².